The Morgan fingerprint density at radius 2 is 2.00 bits per heavy atom. The first-order valence-electron chi connectivity index (χ1n) is 4.31. The molecule has 1 atom stereocenters. The average Bonchev–Trinajstić information content (AvgIpc) is 2.71. The predicted molar refractivity (Wildman–Crippen MR) is 50.5 cm³/mol. The number of aromatic nitrogens is 1. The summed E-state index contributed by atoms with van der Waals surface area (Å²) in [6.07, 6.45) is 5.30. The molecule has 0 saturated carbocycles. The fraction of sp³-hybridized carbons (Fsp3) is 0.182. The molecule has 0 aliphatic heterocycles. The minimum Gasteiger partial charge on any atom is -0.469 e. The van der Waals surface area contributed by atoms with Crippen LogP contribution < -0.4 is 0 Å². The Hall–Kier alpha value is -1.57. The van der Waals surface area contributed by atoms with Gasteiger partial charge in [0.1, 0.15) is 5.76 Å². The van der Waals surface area contributed by atoms with Crippen LogP contribution in [-0.2, 0) is 0 Å². The van der Waals surface area contributed by atoms with E-state index in [0.29, 0.717) is 5.92 Å². The van der Waals surface area contributed by atoms with E-state index in [2.05, 4.69) is 11.9 Å². The van der Waals surface area contributed by atoms with Crippen LogP contribution in [0, 0.1) is 0 Å². The largest absolute Gasteiger partial charge is 0.469 e. The van der Waals surface area contributed by atoms with E-state index in [0.717, 1.165) is 5.76 Å². The van der Waals surface area contributed by atoms with Crippen LogP contribution in [0.2, 0.25) is 0 Å². The lowest BCUT2D eigenvalue weighted by Crippen LogP contribution is -1.93. The van der Waals surface area contributed by atoms with Crippen molar-refractivity contribution in [2.24, 2.45) is 0 Å². The Kier molecular flexibility index (Phi) is 2.13. The Bertz CT molecular complexity index is 353. The molecule has 0 fully saturated rings. The molecule has 0 bridgehead atoms. The lowest BCUT2D eigenvalue weighted by molar-refractivity contribution is 0.495. The van der Waals surface area contributed by atoms with Gasteiger partial charge in [-0.2, -0.15) is 0 Å². The van der Waals surface area contributed by atoms with Crippen molar-refractivity contribution in [1.82, 2.24) is 4.98 Å². The molecule has 0 aromatic carbocycles. The van der Waals surface area contributed by atoms with Gasteiger partial charge < -0.3 is 4.42 Å². The number of furan rings is 1. The third kappa shape index (κ3) is 1.61. The Morgan fingerprint density at radius 1 is 1.23 bits per heavy atom. The summed E-state index contributed by atoms with van der Waals surface area (Å²) in [5.41, 5.74) is 1.23. The predicted octanol–water partition coefficient (Wildman–Crippen LogP) is 2.83. The number of rotatable bonds is 2. The zero-order valence-corrected chi connectivity index (χ0v) is 7.47. The van der Waals surface area contributed by atoms with E-state index in [1.165, 1.54) is 5.56 Å². The quantitative estimate of drug-likeness (QED) is 0.698. The smallest absolute Gasteiger partial charge is 0.110 e. The molecule has 0 aliphatic rings. The number of pyridine rings is 1. The highest BCUT2D eigenvalue weighted by atomic mass is 16.3. The van der Waals surface area contributed by atoms with Crippen LogP contribution in [0.25, 0.3) is 0 Å². The molecule has 1 unspecified atom stereocenters. The van der Waals surface area contributed by atoms with Gasteiger partial charge in [-0.1, -0.05) is 6.92 Å². The standard InChI is InChI=1S/C11H11NO/c1-9(11-3-2-8-13-11)10-4-6-12-7-5-10/h2-9H,1H3. The van der Waals surface area contributed by atoms with Crippen molar-refractivity contribution >= 4 is 0 Å². The highest BCUT2D eigenvalue weighted by Crippen LogP contribution is 2.23. The number of nitrogens with zero attached hydrogens (tertiary/aromatic N) is 1. The Morgan fingerprint density at radius 3 is 2.62 bits per heavy atom. The summed E-state index contributed by atoms with van der Waals surface area (Å²) in [6.45, 7) is 2.12. The fourth-order valence-electron chi connectivity index (χ4n) is 1.35. The van der Waals surface area contributed by atoms with E-state index in [1.54, 1.807) is 18.7 Å². The molecule has 2 aromatic rings. The normalized spacial score (nSPS) is 12.7. The van der Waals surface area contributed by atoms with E-state index in [-0.39, 0.29) is 0 Å². The maximum Gasteiger partial charge on any atom is 0.110 e. The van der Waals surface area contributed by atoms with Crippen molar-refractivity contribution in [3.8, 4) is 0 Å². The van der Waals surface area contributed by atoms with Crippen LogP contribution in [0.1, 0.15) is 24.2 Å². The maximum atomic E-state index is 5.33. The summed E-state index contributed by atoms with van der Waals surface area (Å²) in [7, 11) is 0. The molecule has 0 amide bonds. The molecule has 66 valence electrons. The lowest BCUT2D eigenvalue weighted by atomic mass is 10.0. The number of hydrogen-bond donors (Lipinski definition) is 0. The van der Waals surface area contributed by atoms with E-state index in [9.17, 15) is 0 Å². The minimum atomic E-state index is 0.304. The fourth-order valence-corrected chi connectivity index (χ4v) is 1.35. The molecule has 0 radical (unpaired) electrons. The van der Waals surface area contributed by atoms with Gasteiger partial charge in [0.05, 0.1) is 6.26 Å². The van der Waals surface area contributed by atoms with Gasteiger partial charge in [-0.05, 0) is 29.8 Å². The summed E-state index contributed by atoms with van der Waals surface area (Å²) in [5.74, 6) is 1.30. The van der Waals surface area contributed by atoms with Gasteiger partial charge in [0.15, 0.2) is 0 Å². The van der Waals surface area contributed by atoms with Crippen molar-refractivity contribution in [2.75, 3.05) is 0 Å². The second kappa shape index (κ2) is 3.44. The van der Waals surface area contributed by atoms with Crippen molar-refractivity contribution < 1.29 is 4.42 Å². The van der Waals surface area contributed by atoms with Crippen LogP contribution in [0.15, 0.2) is 47.3 Å². The molecule has 2 nitrogen and oxygen atoms in total. The van der Waals surface area contributed by atoms with Gasteiger partial charge >= 0.3 is 0 Å². The third-order valence-corrected chi connectivity index (χ3v) is 2.18. The molecule has 0 aliphatic carbocycles. The van der Waals surface area contributed by atoms with Crippen LogP contribution in [0.4, 0.5) is 0 Å². The summed E-state index contributed by atoms with van der Waals surface area (Å²) < 4.78 is 5.33. The van der Waals surface area contributed by atoms with Crippen LogP contribution in [0.5, 0.6) is 0 Å². The molecule has 0 saturated heterocycles. The first-order chi connectivity index (χ1) is 6.38. The van der Waals surface area contributed by atoms with Crippen LogP contribution >= 0.6 is 0 Å². The average molecular weight is 173 g/mol. The van der Waals surface area contributed by atoms with Gasteiger partial charge in [-0.3, -0.25) is 4.98 Å². The van der Waals surface area contributed by atoms with E-state index >= 15 is 0 Å². The second-order valence-electron chi connectivity index (χ2n) is 3.02. The van der Waals surface area contributed by atoms with Gasteiger partial charge in [-0.15, -0.1) is 0 Å². The summed E-state index contributed by atoms with van der Waals surface area (Å²) in [4.78, 5) is 3.98. The van der Waals surface area contributed by atoms with Gasteiger partial charge in [0.2, 0.25) is 0 Å². The molecule has 0 N–H and O–H groups in total. The SMILES string of the molecule is CC(c1ccncc1)c1ccco1. The molecule has 2 heterocycles. The zero-order valence-electron chi connectivity index (χ0n) is 7.47. The number of hydrogen-bond acceptors (Lipinski definition) is 2. The van der Waals surface area contributed by atoms with Crippen LogP contribution in [0.3, 0.4) is 0 Å². The van der Waals surface area contributed by atoms with Crippen molar-refractivity contribution in [3.63, 3.8) is 0 Å². The minimum absolute atomic E-state index is 0.304. The second-order valence-corrected chi connectivity index (χ2v) is 3.02. The van der Waals surface area contributed by atoms with E-state index in [4.69, 9.17) is 4.42 Å². The molecule has 2 aromatic heterocycles. The monoisotopic (exact) mass is 173 g/mol. The highest BCUT2D eigenvalue weighted by Gasteiger charge is 2.09. The van der Waals surface area contributed by atoms with Crippen molar-refractivity contribution in [3.05, 3.63) is 54.2 Å². The maximum absolute atomic E-state index is 5.33. The van der Waals surface area contributed by atoms with Gasteiger partial charge in [-0.25, -0.2) is 0 Å². The Labute approximate surface area is 77.2 Å². The molecule has 13 heavy (non-hydrogen) atoms. The van der Waals surface area contributed by atoms with Crippen LogP contribution in [-0.4, -0.2) is 4.98 Å². The highest BCUT2D eigenvalue weighted by molar-refractivity contribution is 5.23. The lowest BCUT2D eigenvalue weighted by Gasteiger charge is -2.07. The molecule has 2 rings (SSSR count). The topological polar surface area (TPSA) is 26.0 Å². The molecule has 2 heteroatoms. The first kappa shape index (κ1) is 8.05. The van der Waals surface area contributed by atoms with Gasteiger partial charge in [0.25, 0.3) is 0 Å². The summed E-state index contributed by atoms with van der Waals surface area (Å²) in [6, 6.07) is 7.92. The molecular formula is C11H11NO. The van der Waals surface area contributed by atoms with E-state index < -0.39 is 0 Å². The summed E-state index contributed by atoms with van der Waals surface area (Å²) >= 11 is 0. The van der Waals surface area contributed by atoms with Gasteiger partial charge in [0, 0.05) is 18.3 Å². The molecular weight excluding hydrogens is 162 g/mol. The van der Waals surface area contributed by atoms with Crippen molar-refractivity contribution in [2.45, 2.75) is 12.8 Å². The molecule has 0 spiro atoms. The first-order valence-corrected chi connectivity index (χ1v) is 4.31. The third-order valence-electron chi connectivity index (χ3n) is 2.18. The van der Waals surface area contributed by atoms with Crippen molar-refractivity contribution in [1.29, 1.82) is 0 Å². The van der Waals surface area contributed by atoms with E-state index in [1.807, 2.05) is 24.3 Å². The Balaban J connectivity index is 2.29. The summed E-state index contributed by atoms with van der Waals surface area (Å²) in [5, 5.41) is 0. The zero-order chi connectivity index (χ0) is 9.10.